The van der Waals surface area contributed by atoms with Crippen LogP contribution in [0.25, 0.3) is 0 Å². The molecule has 11 nitrogen and oxygen atoms in total. The fraction of sp³-hybridized carbons (Fsp3) is 0.778. The van der Waals surface area contributed by atoms with Crippen LogP contribution >= 0.6 is 0 Å². The zero-order valence-corrected chi connectivity index (χ0v) is 30.4. The minimum absolute atomic E-state index is 0.00463. The number of unbranched alkanes of at least 4 members (excludes halogenated alkanes) is 1. The molecular weight excluding hydrogens is 602 g/mol. The molecule has 1 aromatic rings. The van der Waals surface area contributed by atoms with Crippen molar-refractivity contribution in [2.75, 3.05) is 27.9 Å². The first kappa shape index (κ1) is 40.3. The van der Waals surface area contributed by atoms with E-state index in [-0.39, 0.29) is 42.0 Å². The summed E-state index contributed by atoms with van der Waals surface area (Å²) >= 11 is 0. The van der Waals surface area contributed by atoms with E-state index in [0.29, 0.717) is 25.3 Å². The van der Waals surface area contributed by atoms with Crippen LogP contribution < -0.4 is 10.1 Å². The second-order valence-electron chi connectivity index (χ2n) is 14.1. The molecule has 0 aliphatic heterocycles. The van der Waals surface area contributed by atoms with Crippen molar-refractivity contribution in [3.05, 3.63) is 23.4 Å². The lowest BCUT2D eigenvalue weighted by molar-refractivity contribution is -0.168. The van der Waals surface area contributed by atoms with E-state index in [1.165, 1.54) is 6.92 Å². The highest BCUT2D eigenvalue weighted by Gasteiger charge is 2.37. The number of aliphatic hydroxyl groups excluding tert-OH is 1. The molecule has 0 radical (unpaired) electrons. The number of aliphatic hydroxyl groups is 1. The molecule has 1 heterocycles. The van der Waals surface area contributed by atoms with Gasteiger partial charge in [-0.3, -0.25) is 9.59 Å². The van der Waals surface area contributed by atoms with Gasteiger partial charge in [-0.05, 0) is 80.8 Å². The number of hydrogen-bond acceptors (Lipinski definition) is 9. The van der Waals surface area contributed by atoms with Crippen molar-refractivity contribution in [2.24, 2.45) is 29.6 Å². The van der Waals surface area contributed by atoms with Gasteiger partial charge < -0.3 is 34.3 Å². The molecule has 5 atom stereocenters. The molecule has 1 aromatic heterocycles. The minimum Gasteiger partial charge on any atom is -0.481 e. The number of nitrogens with zero attached hydrogens (tertiary/aromatic N) is 2. The molecule has 1 aliphatic rings. The van der Waals surface area contributed by atoms with E-state index in [1.54, 1.807) is 33.0 Å². The van der Waals surface area contributed by atoms with E-state index < -0.39 is 36.4 Å². The van der Waals surface area contributed by atoms with Crippen LogP contribution in [-0.2, 0) is 36.6 Å². The van der Waals surface area contributed by atoms with Crippen LogP contribution in [0.1, 0.15) is 98.1 Å². The largest absolute Gasteiger partial charge is 0.481 e. The number of methoxy groups -OCH3 is 2. The summed E-state index contributed by atoms with van der Waals surface area (Å²) in [6, 6.07) is 1.67. The molecule has 11 heteroatoms. The van der Waals surface area contributed by atoms with E-state index in [4.69, 9.17) is 18.9 Å². The Balaban J connectivity index is 2.29. The number of carbonyl (C=O) groups excluding carboxylic acids is 3. The Bertz CT molecular complexity index is 1120. The summed E-state index contributed by atoms with van der Waals surface area (Å²) in [6.45, 7) is 13.8. The summed E-state index contributed by atoms with van der Waals surface area (Å²) in [5.41, 5.74) is 2.07. The van der Waals surface area contributed by atoms with Crippen molar-refractivity contribution in [1.82, 2.24) is 15.2 Å². The highest BCUT2D eigenvalue weighted by atomic mass is 16.7. The van der Waals surface area contributed by atoms with Crippen LogP contribution in [0, 0.1) is 29.6 Å². The summed E-state index contributed by atoms with van der Waals surface area (Å²) in [6.07, 6.45) is 4.88. The molecule has 1 saturated carbocycles. The molecule has 2 N–H and O–H groups in total. The first-order chi connectivity index (χ1) is 22.2. The van der Waals surface area contributed by atoms with Gasteiger partial charge in [-0.15, -0.1) is 0 Å². The first-order valence-electron chi connectivity index (χ1n) is 17.3. The predicted octanol–water partition coefficient (Wildman–Crippen LogP) is 5.55. The molecule has 0 bridgehead atoms. The average Bonchev–Trinajstić information content (AvgIpc) is 3.86. The lowest BCUT2D eigenvalue weighted by Crippen LogP contribution is -2.48. The van der Waals surface area contributed by atoms with Gasteiger partial charge >= 0.3 is 12.1 Å². The lowest BCUT2D eigenvalue weighted by Gasteiger charge is -2.33. The summed E-state index contributed by atoms with van der Waals surface area (Å²) < 4.78 is 21.3. The Morgan fingerprint density at radius 3 is 2.23 bits per heavy atom. The number of aryl methyl sites for hydroxylation is 1. The molecule has 0 aromatic carbocycles. The number of nitrogens with one attached hydrogen (secondary N) is 1. The maximum Gasteiger partial charge on any atom is 0.410 e. The number of aromatic nitrogens is 1. The van der Waals surface area contributed by atoms with Crippen LogP contribution in [0.3, 0.4) is 0 Å². The zero-order chi connectivity index (χ0) is 35.3. The smallest absolute Gasteiger partial charge is 0.410 e. The number of esters is 1. The van der Waals surface area contributed by atoms with Crippen LogP contribution in [-0.4, -0.2) is 85.3 Å². The molecule has 47 heavy (non-hydrogen) atoms. The number of alkyl carbamates (subject to hydrolysis) is 1. The molecule has 2 rings (SSSR count). The van der Waals surface area contributed by atoms with Crippen molar-refractivity contribution in [3.63, 3.8) is 0 Å². The third kappa shape index (κ3) is 13.6. The molecule has 1 aliphatic carbocycles. The van der Waals surface area contributed by atoms with Crippen molar-refractivity contribution < 1.29 is 38.4 Å². The van der Waals surface area contributed by atoms with Crippen molar-refractivity contribution in [3.8, 4) is 5.88 Å². The molecule has 1 fully saturated rings. The van der Waals surface area contributed by atoms with E-state index in [9.17, 15) is 19.5 Å². The highest BCUT2D eigenvalue weighted by molar-refractivity contribution is 5.79. The van der Waals surface area contributed by atoms with Crippen molar-refractivity contribution >= 4 is 18.0 Å². The number of pyridine rings is 1. The summed E-state index contributed by atoms with van der Waals surface area (Å²) in [5, 5.41) is 14.6. The third-order valence-electron chi connectivity index (χ3n) is 9.07. The second kappa shape index (κ2) is 19.8. The van der Waals surface area contributed by atoms with E-state index >= 15 is 0 Å². The fourth-order valence-electron chi connectivity index (χ4n) is 5.76. The summed E-state index contributed by atoms with van der Waals surface area (Å²) in [4.78, 5) is 45.0. The Hall–Kier alpha value is -2.92. The van der Waals surface area contributed by atoms with Gasteiger partial charge in [0.05, 0.1) is 25.2 Å². The Morgan fingerprint density at radius 1 is 1.00 bits per heavy atom. The van der Waals surface area contributed by atoms with Crippen LogP contribution in [0.2, 0.25) is 0 Å². The summed E-state index contributed by atoms with van der Waals surface area (Å²) in [5.74, 6) is -0.401. The van der Waals surface area contributed by atoms with Crippen molar-refractivity contribution in [2.45, 2.75) is 124 Å². The van der Waals surface area contributed by atoms with E-state index in [0.717, 1.165) is 43.2 Å². The maximum absolute atomic E-state index is 13.4. The van der Waals surface area contributed by atoms with Gasteiger partial charge in [0, 0.05) is 51.4 Å². The van der Waals surface area contributed by atoms with E-state index in [1.807, 2.05) is 27.1 Å². The van der Waals surface area contributed by atoms with Gasteiger partial charge in [-0.2, -0.15) is 0 Å². The quantitative estimate of drug-likeness (QED) is 0.0986. The molecular formula is C36H61N3O8. The predicted molar refractivity (Wildman–Crippen MR) is 181 cm³/mol. The van der Waals surface area contributed by atoms with Crippen LogP contribution in [0.15, 0.2) is 12.3 Å². The Labute approximate surface area is 282 Å². The summed E-state index contributed by atoms with van der Waals surface area (Å²) in [7, 11) is 5.15. The number of hydrogen-bond donors (Lipinski definition) is 2. The van der Waals surface area contributed by atoms with E-state index in [2.05, 4.69) is 30.2 Å². The zero-order valence-electron chi connectivity index (χ0n) is 30.4. The van der Waals surface area contributed by atoms with Gasteiger partial charge in [-0.1, -0.05) is 41.5 Å². The molecule has 1 unspecified atom stereocenters. The normalized spacial score (nSPS) is 16.4. The maximum atomic E-state index is 13.4. The minimum atomic E-state index is -1.10. The van der Waals surface area contributed by atoms with Crippen molar-refractivity contribution in [1.29, 1.82) is 0 Å². The number of ether oxygens (including phenoxy) is 4. The van der Waals surface area contributed by atoms with Gasteiger partial charge in [0.15, 0.2) is 0 Å². The number of amides is 2. The molecule has 0 saturated heterocycles. The SMILES string of the molecule is COCCCCc1cc(C[C@@H](C[C@H](NC(=O)OC(C)OC(=O)C(C)C)[C@@H](O)C[C@H](C(=O)N(C)C2CC2)C(C)C)C(C)C)cnc1OC. The Morgan fingerprint density at radius 2 is 1.68 bits per heavy atom. The van der Waals surface area contributed by atoms with Gasteiger partial charge in [0.2, 0.25) is 18.1 Å². The van der Waals surface area contributed by atoms with Crippen LogP contribution in [0.4, 0.5) is 4.79 Å². The third-order valence-corrected chi connectivity index (χ3v) is 9.07. The van der Waals surface area contributed by atoms with Gasteiger partial charge in [-0.25, -0.2) is 9.78 Å². The molecule has 268 valence electrons. The Kier molecular flexibility index (Phi) is 17.0. The second-order valence-corrected chi connectivity index (χ2v) is 14.1. The molecule has 0 spiro atoms. The fourth-order valence-corrected chi connectivity index (χ4v) is 5.76. The highest BCUT2D eigenvalue weighted by Crippen LogP contribution is 2.32. The van der Waals surface area contributed by atoms with Gasteiger partial charge in [0.25, 0.3) is 0 Å². The van der Waals surface area contributed by atoms with Crippen LogP contribution in [0.5, 0.6) is 5.88 Å². The molecule has 2 amide bonds. The standard InChI is InChI=1S/C36H61N3O8/c1-22(2)28(18-26-17-27(13-11-12-16-44-9)33(45-10)37-21-26)19-31(38-36(43)47-25(7)46-35(42)24(5)6)32(40)20-30(23(3)4)34(41)39(8)29-14-15-29/h17,21-25,28-32,40H,11-16,18-20H2,1-10H3,(H,38,43)/t25?,28-,30-,31-,32-/m0/s1. The topological polar surface area (TPSA) is 137 Å². The monoisotopic (exact) mass is 663 g/mol. The van der Waals surface area contributed by atoms with Gasteiger partial charge in [0.1, 0.15) is 0 Å². The first-order valence-corrected chi connectivity index (χ1v) is 17.3. The number of carbonyl (C=O) groups is 3. The lowest BCUT2D eigenvalue weighted by atomic mass is 9.80. The number of rotatable bonds is 21. The average molecular weight is 664 g/mol.